The van der Waals surface area contributed by atoms with Crippen molar-refractivity contribution in [1.29, 1.82) is 0 Å². The SMILES string of the molecule is C=C(/C=C(/c1ccc(C(=O)N(C)C)s1)N(C)CCO)C(F)(F)F. The van der Waals surface area contributed by atoms with Crippen LogP contribution in [0.1, 0.15) is 14.5 Å². The number of alkyl halides is 3. The molecule has 0 spiro atoms. The molecule has 0 aromatic carbocycles. The third-order valence-electron chi connectivity index (χ3n) is 3.00. The summed E-state index contributed by atoms with van der Waals surface area (Å²) in [5.74, 6) is -0.222. The third kappa shape index (κ3) is 5.11. The molecule has 1 amide bonds. The first-order chi connectivity index (χ1) is 10.6. The Hall–Kier alpha value is -1.80. The number of allylic oxidation sites excluding steroid dienone is 2. The van der Waals surface area contributed by atoms with E-state index in [1.807, 2.05) is 0 Å². The van der Waals surface area contributed by atoms with E-state index < -0.39 is 11.7 Å². The van der Waals surface area contributed by atoms with Crippen LogP contribution in [0.3, 0.4) is 0 Å². The topological polar surface area (TPSA) is 43.8 Å². The maximum Gasteiger partial charge on any atom is 0.415 e. The number of aliphatic hydroxyl groups excluding tert-OH is 1. The van der Waals surface area contributed by atoms with Crippen LogP contribution in [0.15, 0.2) is 30.4 Å². The van der Waals surface area contributed by atoms with Crippen LogP contribution < -0.4 is 0 Å². The predicted molar refractivity (Wildman–Crippen MR) is 85.2 cm³/mol. The van der Waals surface area contributed by atoms with Crippen molar-refractivity contribution in [3.8, 4) is 0 Å². The molecule has 4 nitrogen and oxygen atoms in total. The molecule has 0 unspecified atom stereocenters. The number of hydrogen-bond acceptors (Lipinski definition) is 4. The molecule has 0 bridgehead atoms. The average molecular weight is 348 g/mol. The number of halogens is 3. The number of rotatable bonds is 6. The van der Waals surface area contributed by atoms with Gasteiger partial charge in [-0.15, -0.1) is 11.3 Å². The molecule has 0 fully saturated rings. The lowest BCUT2D eigenvalue weighted by Crippen LogP contribution is -2.21. The van der Waals surface area contributed by atoms with Crippen LogP contribution in [0.25, 0.3) is 5.70 Å². The number of likely N-dealkylation sites (N-methyl/N-ethyl adjacent to an activating group) is 1. The normalized spacial score (nSPS) is 12.2. The Morgan fingerprint density at radius 2 is 1.87 bits per heavy atom. The van der Waals surface area contributed by atoms with E-state index >= 15 is 0 Å². The van der Waals surface area contributed by atoms with Gasteiger partial charge in [0.15, 0.2) is 0 Å². The number of thiophene rings is 1. The summed E-state index contributed by atoms with van der Waals surface area (Å²) in [5.41, 5.74) is -0.740. The maximum atomic E-state index is 12.7. The molecule has 8 heteroatoms. The van der Waals surface area contributed by atoms with E-state index in [0.717, 1.165) is 17.4 Å². The van der Waals surface area contributed by atoms with Crippen LogP contribution in [0, 0.1) is 0 Å². The second-order valence-corrected chi connectivity index (χ2v) is 6.14. The molecule has 0 aliphatic heterocycles. The molecule has 1 aromatic heterocycles. The van der Waals surface area contributed by atoms with Crippen LogP contribution >= 0.6 is 11.3 Å². The van der Waals surface area contributed by atoms with Crippen LogP contribution in [-0.4, -0.2) is 61.3 Å². The molecule has 1 aromatic rings. The van der Waals surface area contributed by atoms with Gasteiger partial charge in [-0.25, -0.2) is 0 Å². The highest BCUT2D eigenvalue weighted by Crippen LogP contribution is 2.32. The largest absolute Gasteiger partial charge is 0.415 e. The van der Waals surface area contributed by atoms with Crippen molar-refractivity contribution in [2.75, 3.05) is 34.3 Å². The smallest absolute Gasteiger partial charge is 0.395 e. The van der Waals surface area contributed by atoms with Gasteiger partial charge in [-0.2, -0.15) is 13.2 Å². The van der Waals surface area contributed by atoms with Crippen LogP contribution in [0.5, 0.6) is 0 Å². The van der Waals surface area contributed by atoms with Gasteiger partial charge in [0.1, 0.15) is 0 Å². The highest BCUT2D eigenvalue weighted by molar-refractivity contribution is 7.15. The lowest BCUT2D eigenvalue weighted by molar-refractivity contribution is -0.0878. The zero-order chi connectivity index (χ0) is 17.8. The molecular formula is C15H19F3N2O2S. The van der Waals surface area contributed by atoms with Gasteiger partial charge in [0.25, 0.3) is 5.91 Å². The minimum Gasteiger partial charge on any atom is -0.395 e. The quantitative estimate of drug-likeness (QED) is 0.804. The maximum absolute atomic E-state index is 12.7. The van der Waals surface area contributed by atoms with Crippen molar-refractivity contribution in [2.24, 2.45) is 0 Å². The molecule has 0 saturated carbocycles. The molecule has 1 heterocycles. The first-order valence-electron chi connectivity index (χ1n) is 6.69. The van der Waals surface area contributed by atoms with Gasteiger partial charge in [0.05, 0.1) is 27.6 Å². The summed E-state index contributed by atoms with van der Waals surface area (Å²) in [6, 6.07) is 3.16. The zero-order valence-corrected chi connectivity index (χ0v) is 14.0. The Morgan fingerprint density at radius 1 is 1.30 bits per heavy atom. The van der Waals surface area contributed by atoms with E-state index in [1.165, 1.54) is 9.80 Å². The highest BCUT2D eigenvalue weighted by atomic mass is 32.1. The third-order valence-corrected chi connectivity index (χ3v) is 4.09. The number of nitrogens with zero attached hydrogens (tertiary/aromatic N) is 2. The van der Waals surface area contributed by atoms with Crippen molar-refractivity contribution in [2.45, 2.75) is 6.18 Å². The van der Waals surface area contributed by atoms with E-state index in [0.29, 0.717) is 9.75 Å². The molecule has 1 rings (SSSR count). The van der Waals surface area contributed by atoms with Crippen molar-refractivity contribution in [3.05, 3.63) is 40.1 Å². The van der Waals surface area contributed by atoms with Crippen molar-refractivity contribution in [3.63, 3.8) is 0 Å². The summed E-state index contributed by atoms with van der Waals surface area (Å²) >= 11 is 1.09. The van der Waals surface area contributed by atoms with Gasteiger partial charge in [0.2, 0.25) is 0 Å². The number of hydrogen-bond donors (Lipinski definition) is 1. The van der Waals surface area contributed by atoms with Gasteiger partial charge in [-0.1, -0.05) is 6.58 Å². The monoisotopic (exact) mass is 348 g/mol. The van der Waals surface area contributed by atoms with Crippen molar-refractivity contribution < 1.29 is 23.1 Å². The predicted octanol–water partition coefficient (Wildman–Crippen LogP) is 2.83. The molecule has 1 N–H and O–H groups in total. The molecule has 128 valence electrons. The van der Waals surface area contributed by atoms with Crippen LogP contribution in [0.4, 0.5) is 13.2 Å². The molecule has 0 aliphatic carbocycles. The molecule has 0 aliphatic rings. The number of amides is 1. The van der Waals surface area contributed by atoms with E-state index in [-0.39, 0.29) is 24.8 Å². The van der Waals surface area contributed by atoms with Crippen LogP contribution in [-0.2, 0) is 0 Å². The Labute approximate surface area is 137 Å². The minimum atomic E-state index is -4.54. The number of aliphatic hydroxyl groups is 1. The van der Waals surface area contributed by atoms with Crippen molar-refractivity contribution >= 4 is 22.9 Å². The summed E-state index contributed by atoms with van der Waals surface area (Å²) in [5, 5.41) is 9.02. The molecule has 0 atom stereocenters. The number of carbonyl (C=O) groups is 1. The van der Waals surface area contributed by atoms with E-state index in [1.54, 1.807) is 33.3 Å². The van der Waals surface area contributed by atoms with Gasteiger partial charge in [-0.05, 0) is 18.2 Å². The van der Waals surface area contributed by atoms with Crippen molar-refractivity contribution in [1.82, 2.24) is 9.80 Å². The average Bonchev–Trinajstić information content (AvgIpc) is 2.91. The highest BCUT2D eigenvalue weighted by Gasteiger charge is 2.31. The van der Waals surface area contributed by atoms with E-state index in [4.69, 9.17) is 5.11 Å². The van der Waals surface area contributed by atoms with Crippen LogP contribution in [0.2, 0.25) is 0 Å². The van der Waals surface area contributed by atoms with Gasteiger partial charge < -0.3 is 14.9 Å². The molecule has 0 radical (unpaired) electrons. The Kier molecular flexibility index (Phi) is 6.40. The van der Waals surface area contributed by atoms with Gasteiger partial charge in [0, 0.05) is 27.7 Å². The minimum absolute atomic E-state index is 0.159. The summed E-state index contributed by atoms with van der Waals surface area (Å²) in [6.45, 7) is 2.99. The van der Waals surface area contributed by atoms with Gasteiger partial charge in [-0.3, -0.25) is 4.79 Å². The summed E-state index contributed by atoms with van der Waals surface area (Å²) < 4.78 is 38.2. The molecular weight excluding hydrogens is 329 g/mol. The van der Waals surface area contributed by atoms with E-state index in [9.17, 15) is 18.0 Å². The Bertz CT molecular complexity index is 606. The fraction of sp³-hybridized carbons (Fsp3) is 0.400. The van der Waals surface area contributed by atoms with E-state index in [2.05, 4.69) is 6.58 Å². The lowest BCUT2D eigenvalue weighted by atomic mass is 10.2. The first-order valence-corrected chi connectivity index (χ1v) is 7.51. The standard InChI is InChI=1S/C15H19F3N2O2S/c1-10(15(16,17)18)9-11(20(4)7-8-21)12-5-6-13(23-12)14(22)19(2)3/h5-6,9,21H,1,7-8H2,2-4H3/b11-9-. The number of carbonyl (C=O) groups excluding carboxylic acids is 1. The second-order valence-electron chi connectivity index (χ2n) is 5.06. The molecule has 0 saturated heterocycles. The zero-order valence-electron chi connectivity index (χ0n) is 13.1. The fourth-order valence-corrected chi connectivity index (χ4v) is 2.80. The Morgan fingerprint density at radius 3 is 2.35 bits per heavy atom. The Balaban J connectivity index is 3.23. The fourth-order valence-electron chi connectivity index (χ4n) is 1.70. The summed E-state index contributed by atoms with van der Waals surface area (Å²) in [6.07, 6.45) is -3.61. The van der Waals surface area contributed by atoms with Gasteiger partial charge >= 0.3 is 6.18 Å². The summed E-state index contributed by atoms with van der Waals surface area (Å²) in [4.78, 5) is 15.7. The first kappa shape index (κ1) is 19.2. The molecule has 23 heavy (non-hydrogen) atoms. The second kappa shape index (κ2) is 7.65. The lowest BCUT2D eigenvalue weighted by Gasteiger charge is -2.21. The summed E-state index contributed by atoms with van der Waals surface area (Å²) in [7, 11) is 4.77.